The van der Waals surface area contributed by atoms with Crippen LogP contribution in [0.1, 0.15) is 94.3 Å². The molecule has 3 atom stereocenters. The highest BCUT2D eigenvalue weighted by Crippen LogP contribution is 2.45. The molecule has 1 rings (SSSR count). The van der Waals surface area contributed by atoms with Gasteiger partial charge in [0.2, 0.25) is 5.75 Å². The van der Waals surface area contributed by atoms with Crippen LogP contribution in [-0.4, -0.2) is 89.7 Å². The van der Waals surface area contributed by atoms with Gasteiger partial charge >= 0.3 is 13.8 Å². The lowest BCUT2D eigenvalue weighted by Gasteiger charge is -2.26. The predicted octanol–water partition coefficient (Wildman–Crippen LogP) is 6.66. The lowest BCUT2D eigenvalue weighted by molar-refractivity contribution is -0.870. The largest absolute Gasteiger partial charge is 0.493 e. The number of likely N-dealkylation sites (N-methyl/N-ethyl adjacent to an activating group) is 1. The lowest BCUT2D eigenvalue weighted by Crippen LogP contribution is -2.40. The van der Waals surface area contributed by atoms with Gasteiger partial charge in [0, 0.05) is 0 Å². The van der Waals surface area contributed by atoms with Gasteiger partial charge in [-0.1, -0.05) is 83.3 Å². The maximum Gasteiger partial charge on any atom is 0.473 e. The Kier molecular flexibility index (Phi) is 20.3. The van der Waals surface area contributed by atoms with Crippen LogP contribution >= 0.6 is 7.82 Å². The van der Waals surface area contributed by atoms with E-state index in [1.54, 1.807) is 6.08 Å². The summed E-state index contributed by atoms with van der Waals surface area (Å²) in [5, 5.41) is 0. The molecule has 0 saturated carbocycles. The van der Waals surface area contributed by atoms with E-state index in [1.807, 2.05) is 27.2 Å². The van der Waals surface area contributed by atoms with Crippen molar-refractivity contribution in [2.75, 3.05) is 62.2 Å². The molecule has 0 aliphatic rings. The third kappa shape index (κ3) is 18.0. The van der Waals surface area contributed by atoms with Crippen LogP contribution in [0.5, 0.6) is 17.2 Å². The van der Waals surface area contributed by atoms with Crippen molar-refractivity contribution in [3.8, 4) is 17.2 Å². The first-order chi connectivity index (χ1) is 21.4. The Labute approximate surface area is 271 Å². The number of esters is 1. The number of rotatable bonds is 26. The molecular formula is C33H60N2O9P+. The van der Waals surface area contributed by atoms with E-state index >= 15 is 0 Å². The summed E-state index contributed by atoms with van der Waals surface area (Å²) in [5.74, 6) is 0.257. The zero-order valence-electron chi connectivity index (χ0n) is 28.8. The van der Waals surface area contributed by atoms with Crippen LogP contribution in [-0.2, 0) is 18.3 Å². The standard InChI is InChI=1S/C33H59N2O9P/c1-8-9-10-11-12-13-14-15-16-17-18-19-20-21-29(44-45(37,38)43-23-22-35(2,3)4)28(34)26-42-33(36)27-24-30(39-5)32(41-7)31(25-27)40-6/h20-21,24-25,28-29H,8-19,22-23,26,34H2,1-7H3/p+1. The number of methoxy groups -OCH3 is 3. The fourth-order valence-electron chi connectivity index (χ4n) is 4.58. The number of ether oxygens (including phenoxy) is 4. The van der Waals surface area contributed by atoms with Crippen molar-refractivity contribution in [2.45, 2.75) is 96.1 Å². The molecule has 0 aromatic heterocycles. The molecule has 0 spiro atoms. The number of phosphoric ester groups is 1. The summed E-state index contributed by atoms with van der Waals surface area (Å²) in [5.41, 5.74) is 6.51. The van der Waals surface area contributed by atoms with Crippen LogP contribution < -0.4 is 19.9 Å². The molecule has 1 aromatic carbocycles. The van der Waals surface area contributed by atoms with E-state index in [2.05, 4.69) is 6.92 Å². The van der Waals surface area contributed by atoms with Crippen LogP contribution in [0.15, 0.2) is 24.3 Å². The van der Waals surface area contributed by atoms with Gasteiger partial charge < -0.3 is 34.1 Å². The van der Waals surface area contributed by atoms with Crippen LogP contribution in [0.2, 0.25) is 0 Å². The molecule has 3 N–H and O–H groups in total. The van der Waals surface area contributed by atoms with Gasteiger partial charge in [-0.15, -0.1) is 0 Å². The van der Waals surface area contributed by atoms with Gasteiger partial charge in [-0.2, -0.15) is 0 Å². The molecule has 45 heavy (non-hydrogen) atoms. The number of nitrogens with two attached hydrogens (primary N) is 1. The monoisotopic (exact) mass is 659 g/mol. The molecule has 1 aromatic rings. The minimum Gasteiger partial charge on any atom is -0.493 e. The quantitative estimate of drug-likeness (QED) is 0.0365. The SMILES string of the molecule is CCCCCCCCCCCCCC=CC(OP(=O)(O)OCC[N+](C)(C)C)C(N)COC(=O)c1cc(OC)c(OC)c(OC)c1. The van der Waals surface area contributed by atoms with Crippen LogP contribution in [0.3, 0.4) is 0 Å². The number of phosphoric acid groups is 1. The van der Waals surface area contributed by atoms with Crippen molar-refractivity contribution < 1.29 is 46.7 Å². The Morgan fingerprint density at radius 3 is 1.93 bits per heavy atom. The zero-order valence-corrected chi connectivity index (χ0v) is 29.7. The summed E-state index contributed by atoms with van der Waals surface area (Å²) in [4.78, 5) is 23.3. The molecule has 0 aliphatic carbocycles. The molecule has 0 heterocycles. The number of benzene rings is 1. The van der Waals surface area contributed by atoms with E-state index in [-0.39, 0.29) is 18.8 Å². The Hall–Kier alpha value is -2.14. The van der Waals surface area contributed by atoms with Gasteiger partial charge in [0.15, 0.2) is 11.5 Å². The van der Waals surface area contributed by atoms with Gasteiger partial charge in [0.05, 0.1) is 54.1 Å². The molecule has 12 heteroatoms. The first-order valence-electron chi connectivity index (χ1n) is 16.2. The highest BCUT2D eigenvalue weighted by atomic mass is 31.2. The van der Waals surface area contributed by atoms with Crippen LogP contribution in [0, 0.1) is 0 Å². The Morgan fingerprint density at radius 1 is 0.911 bits per heavy atom. The predicted molar refractivity (Wildman–Crippen MR) is 178 cm³/mol. The number of carbonyl (C=O) groups is 1. The number of quaternary nitrogens is 1. The Bertz CT molecular complexity index is 1020. The third-order valence-corrected chi connectivity index (χ3v) is 8.32. The van der Waals surface area contributed by atoms with E-state index in [0.717, 1.165) is 19.3 Å². The van der Waals surface area contributed by atoms with Crippen molar-refractivity contribution in [1.82, 2.24) is 0 Å². The molecule has 3 unspecified atom stereocenters. The van der Waals surface area contributed by atoms with Crippen LogP contribution in [0.4, 0.5) is 0 Å². The topological polar surface area (TPSA) is 136 Å². The van der Waals surface area contributed by atoms with Gasteiger partial charge in [-0.3, -0.25) is 9.05 Å². The van der Waals surface area contributed by atoms with E-state index in [1.165, 1.54) is 91.2 Å². The molecule has 260 valence electrons. The van der Waals surface area contributed by atoms with Crippen LogP contribution in [0.25, 0.3) is 0 Å². The summed E-state index contributed by atoms with van der Waals surface area (Å²) in [6.07, 6.45) is 17.0. The number of carbonyl (C=O) groups excluding carboxylic acids is 1. The van der Waals surface area contributed by atoms with Crippen molar-refractivity contribution >= 4 is 13.8 Å². The molecule has 0 fully saturated rings. The van der Waals surface area contributed by atoms with Gasteiger partial charge in [0.1, 0.15) is 25.9 Å². The molecule has 0 aliphatic heterocycles. The van der Waals surface area contributed by atoms with Crippen molar-refractivity contribution in [3.05, 3.63) is 29.8 Å². The molecule has 11 nitrogen and oxygen atoms in total. The average Bonchev–Trinajstić information content (AvgIpc) is 2.99. The summed E-state index contributed by atoms with van der Waals surface area (Å²) in [6.45, 7) is 2.49. The molecule has 0 radical (unpaired) electrons. The smallest absolute Gasteiger partial charge is 0.473 e. The number of allylic oxidation sites excluding steroid dienone is 1. The second kappa shape index (κ2) is 22.4. The molecule has 0 amide bonds. The fraction of sp³-hybridized carbons (Fsp3) is 0.727. The molecule has 0 bridgehead atoms. The van der Waals surface area contributed by atoms with Gasteiger partial charge in [0.25, 0.3) is 0 Å². The number of nitrogens with zero attached hydrogens (tertiary/aromatic N) is 1. The molecular weight excluding hydrogens is 599 g/mol. The lowest BCUT2D eigenvalue weighted by atomic mass is 10.0. The first-order valence-corrected chi connectivity index (χ1v) is 17.7. The maximum absolute atomic E-state index is 12.9. The molecule has 0 saturated heterocycles. The second-order valence-corrected chi connectivity index (χ2v) is 13.7. The zero-order chi connectivity index (χ0) is 33.7. The summed E-state index contributed by atoms with van der Waals surface area (Å²) >= 11 is 0. The summed E-state index contributed by atoms with van der Waals surface area (Å²) < 4.78 is 45.4. The van der Waals surface area contributed by atoms with Crippen molar-refractivity contribution in [1.29, 1.82) is 0 Å². The average molecular weight is 660 g/mol. The highest BCUT2D eigenvalue weighted by molar-refractivity contribution is 7.47. The van der Waals surface area contributed by atoms with E-state index in [4.69, 9.17) is 33.7 Å². The van der Waals surface area contributed by atoms with Gasteiger partial charge in [-0.25, -0.2) is 9.36 Å². The number of hydrogen-bond donors (Lipinski definition) is 2. The summed E-state index contributed by atoms with van der Waals surface area (Å²) in [7, 11) is 5.77. The fourth-order valence-corrected chi connectivity index (χ4v) is 5.48. The van der Waals surface area contributed by atoms with E-state index in [0.29, 0.717) is 28.3 Å². The Morgan fingerprint density at radius 2 is 1.44 bits per heavy atom. The van der Waals surface area contributed by atoms with Crippen molar-refractivity contribution in [3.63, 3.8) is 0 Å². The minimum atomic E-state index is -4.44. The minimum absolute atomic E-state index is 0.0256. The summed E-state index contributed by atoms with van der Waals surface area (Å²) in [6, 6.07) is 2.01. The normalized spacial score (nSPS) is 14.6. The first kappa shape index (κ1) is 40.9. The number of hydrogen-bond acceptors (Lipinski definition) is 9. The third-order valence-electron chi connectivity index (χ3n) is 7.30. The van der Waals surface area contributed by atoms with E-state index < -0.39 is 25.9 Å². The Balaban J connectivity index is 2.75. The number of unbranched alkanes of at least 4 members (excludes halogenated alkanes) is 11. The highest BCUT2D eigenvalue weighted by Gasteiger charge is 2.30. The van der Waals surface area contributed by atoms with Gasteiger partial charge in [-0.05, 0) is 25.0 Å². The van der Waals surface area contributed by atoms with E-state index in [9.17, 15) is 14.3 Å². The van der Waals surface area contributed by atoms with Crippen molar-refractivity contribution in [2.24, 2.45) is 5.73 Å². The second-order valence-electron chi connectivity index (χ2n) is 12.3. The maximum atomic E-state index is 12.9.